The molecule has 0 spiro atoms. The minimum atomic E-state index is -1.04. The van der Waals surface area contributed by atoms with Crippen LogP contribution in [0.2, 0.25) is 0 Å². The summed E-state index contributed by atoms with van der Waals surface area (Å²) in [6.07, 6.45) is 7.33. The molecule has 1 aromatic carbocycles. The zero-order valence-electron chi connectivity index (χ0n) is 22.0. The molecular weight excluding hydrogens is 506 g/mol. The number of ketones is 2. The van der Waals surface area contributed by atoms with Gasteiger partial charge in [-0.2, -0.15) is 0 Å². The molecule has 39 heavy (non-hydrogen) atoms. The minimum Gasteiger partial charge on any atom is -0.426 e. The molecule has 4 aliphatic carbocycles. The molecule has 0 amide bonds. The summed E-state index contributed by atoms with van der Waals surface area (Å²) in [5.41, 5.74) is 0.746. The number of hydrogen-bond acceptors (Lipinski definition) is 9. The number of rotatable bonds is 7. The molecule has 1 N–H and O–H groups in total. The number of Topliss-reactive ketones (excluding diaryl/α,β-unsaturated/α-hetero) is 1. The predicted octanol–water partition coefficient (Wildman–Crippen LogP) is 4.37. The van der Waals surface area contributed by atoms with Crippen LogP contribution in [0.4, 0.5) is 4.79 Å². The van der Waals surface area contributed by atoms with Crippen molar-refractivity contribution in [2.24, 2.45) is 34.5 Å². The molecule has 5 rings (SSSR count). The maximum atomic E-state index is 13.3. The lowest BCUT2D eigenvalue weighted by Gasteiger charge is -2.58. The lowest BCUT2D eigenvalue weighted by molar-refractivity contribution is -0.763. The Morgan fingerprint density at radius 3 is 2.77 bits per heavy atom. The molecule has 0 saturated heterocycles. The fourth-order valence-corrected chi connectivity index (χ4v) is 8.04. The number of carbonyl (C=O) groups is 3. The van der Waals surface area contributed by atoms with Crippen molar-refractivity contribution in [3.05, 3.63) is 63.7 Å². The zero-order chi connectivity index (χ0) is 27.9. The quantitative estimate of drug-likeness (QED) is 0.231. The van der Waals surface area contributed by atoms with E-state index in [2.05, 4.69) is 18.7 Å². The Labute approximate surface area is 226 Å². The molecule has 7 unspecified atom stereocenters. The maximum absolute atomic E-state index is 13.3. The van der Waals surface area contributed by atoms with Crippen LogP contribution in [0.5, 0.6) is 5.75 Å². The zero-order valence-corrected chi connectivity index (χ0v) is 22.0. The fourth-order valence-electron chi connectivity index (χ4n) is 8.04. The molecule has 0 radical (unpaired) electrons. The van der Waals surface area contributed by atoms with E-state index in [4.69, 9.17) is 9.47 Å². The summed E-state index contributed by atoms with van der Waals surface area (Å²) in [7, 11) is 0. The second kappa shape index (κ2) is 10.2. The summed E-state index contributed by atoms with van der Waals surface area (Å²) >= 11 is 0. The van der Waals surface area contributed by atoms with Crippen LogP contribution in [-0.4, -0.2) is 40.6 Å². The van der Waals surface area contributed by atoms with Crippen LogP contribution in [-0.2, 0) is 25.8 Å². The van der Waals surface area contributed by atoms with Crippen LogP contribution in [0.1, 0.15) is 51.5 Å². The molecule has 3 saturated carbocycles. The summed E-state index contributed by atoms with van der Waals surface area (Å²) in [6.45, 7) is 3.47. The van der Waals surface area contributed by atoms with Crippen LogP contribution in [0.25, 0.3) is 0 Å². The topological polar surface area (TPSA) is 142 Å². The van der Waals surface area contributed by atoms with Gasteiger partial charge in [-0.15, -0.1) is 10.1 Å². The molecule has 0 bridgehead atoms. The fraction of sp³-hybridized carbons (Fsp3) is 0.552. The van der Waals surface area contributed by atoms with E-state index in [0.29, 0.717) is 18.4 Å². The Morgan fingerprint density at radius 2 is 2.00 bits per heavy atom. The summed E-state index contributed by atoms with van der Waals surface area (Å²) in [4.78, 5) is 52.3. The van der Waals surface area contributed by atoms with Gasteiger partial charge in [0.05, 0.1) is 6.10 Å². The SMILES string of the molecule is CC12C=CC(=O)C=C1CCC1C2C(O)CC2(C)C(C(=O)COC(=O)Oc3cccc(CO[N+](=O)[O-])c3)CCC12. The minimum absolute atomic E-state index is 0.00215. The first kappa shape index (κ1) is 27.1. The number of carbonyl (C=O) groups excluding carboxylic acids is 3. The van der Waals surface area contributed by atoms with E-state index in [9.17, 15) is 29.6 Å². The second-order valence-electron chi connectivity index (χ2n) is 11.7. The van der Waals surface area contributed by atoms with E-state index in [0.717, 1.165) is 24.8 Å². The third-order valence-electron chi connectivity index (χ3n) is 9.65. The van der Waals surface area contributed by atoms with E-state index >= 15 is 0 Å². The lowest BCUT2D eigenvalue weighted by Crippen LogP contribution is -2.56. The third kappa shape index (κ3) is 4.97. The highest BCUT2D eigenvalue weighted by Crippen LogP contribution is 2.66. The summed E-state index contributed by atoms with van der Waals surface area (Å²) in [6, 6.07) is 6.04. The molecule has 208 valence electrons. The van der Waals surface area contributed by atoms with Crippen molar-refractivity contribution in [1.82, 2.24) is 0 Å². The predicted molar refractivity (Wildman–Crippen MR) is 137 cm³/mol. The third-order valence-corrected chi connectivity index (χ3v) is 9.65. The van der Waals surface area contributed by atoms with Gasteiger partial charge in [0.2, 0.25) is 0 Å². The summed E-state index contributed by atoms with van der Waals surface area (Å²) in [5.74, 6) is 0.0469. The van der Waals surface area contributed by atoms with Gasteiger partial charge < -0.3 is 19.4 Å². The van der Waals surface area contributed by atoms with E-state index in [1.165, 1.54) is 12.1 Å². The van der Waals surface area contributed by atoms with Gasteiger partial charge in [0.15, 0.2) is 18.2 Å². The van der Waals surface area contributed by atoms with Gasteiger partial charge in [0.25, 0.3) is 5.09 Å². The molecule has 0 aromatic heterocycles. The Balaban J connectivity index is 1.22. The van der Waals surface area contributed by atoms with Crippen molar-refractivity contribution < 1.29 is 38.9 Å². The van der Waals surface area contributed by atoms with E-state index in [-0.39, 0.29) is 53.0 Å². The van der Waals surface area contributed by atoms with Crippen molar-refractivity contribution >= 4 is 17.7 Å². The average Bonchev–Trinajstić information content (AvgIpc) is 3.23. The molecule has 10 nitrogen and oxygen atoms in total. The van der Waals surface area contributed by atoms with Crippen molar-refractivity contribution in [3.63, 3.8) is 0 Å². The molecule has 0 heterocycles. The largest absolute Gasteiger partial charge is 0.514 e. The van der Waals surface area contributed by atoms with Crippen molar-refractivity contribution in [3.8, 4) is 5.75 Å². The molecular formula is C29H33NO9. The Morgan fingerprint density at radius 1 is 1.21 bits per heavy atom. The van der Waals surface area contributed by atoms with E-state index in [1.54, 1.807) is 24.3 Å². The average molecular weight is 540 g/mol. The van der Waals surface area contributed by atoms with Gasteiger partial charge in [-0.1, -0.05) is 37.6 Å². The molecule has 10 heteroatoms. The normalized spacial score (nSPS) is 34.7. The summed E-state index contributed by atoms with van der Waals surface area (Å²) < 4.78 is 10.3. The second-order valence-corrected chi connectivity index (χ2v) is 11.7. The van der Waals surface area contributed by atoms with Crippen molar-refractivity contribution in [2.75, 3.05) is 6.61 Å². The van der Waals surface area contributed by atoms with Gasteiger partial charge in [-0.05, 0) is 79.2 Å². The number of aliphatic hydroxyl groups is 1. The monoisotopic (exact) mass is 539 g/mol. The number of hydrogen-bond donors (Lipinski definition) is 1. The first-order chi connectivity index (χ1) is 18.5. The highest BCUT2D eigenvalue weighted by molar-refractivity contribution is 6.01. The Bertz CT molecular complexity index is 1250. The standard InChI is InChI=1S/C29H33NO9/c1-28-11-10-19(31)13-18(28)6-7-21-22-8-9-23(29(22,2)14-24(32)26(21)28)25(33)16-37-27(34)39-20-5-3-4-17(12-20)15-38-30(35)36/h3-5,10-13,21-24,26,32H,6-9,14-16H2,1-2H3. The molecule has 3 fully saturated rings. The van der Waals surface area contributed by atoms with Gasteiger partial charge in [0, 0.05) is 17.3 Å². The number of ether oxygens (including phenoxy) is 2. The van der Waals surface area contributed by atoms with Gasteiger partial charge in [-0.3, -0.25) is 9.59 Å². The first-order valence-electron chi connectivity index (χ1n) is 13.4. The number of nitrogens with zero attached hydrogens (tertiary/aromatic N) is 1. The van der Waals surface area contributed by atoms with Crippen LogP contribution < -0.4 is 4.74 Å². The van der Waals surface area contributed by atoms with Crippen molar-refractivity contribution in [1.29, 1.82) is 0 Å². The lowest BCUT2D eigenvalue weighted by atomic mass is 9.46. The number of aliphatic hydroxyl groups excluding tert-OH is 1. The highest BCUT2D eigenvalue weighted by atomic mass is 16.9. The molecule has 0 aliphatic heterocycles. The molecule has 4 aliphatic rings. The van der Waals surface area contributed by atoms with E-state index < -0.39 is 29.4 Å². The smallest absolute Gasteiger partial charge is 0.426 e. The molecule has 7 atom stereocenters. The number of benzene rings is 1. The maximum Gasteiger partial charge on any atom is 0.514 e. The molecule has 1 aromatic rings. The van der Waals surface area contributed by atoms with Crippen molar-refractivity contribution in [2.45, 2.75) is 58.7 Å². The highest BCUT2D eigenvalue weighted by Gasteiger charge is 2.62. The van der Waals surface area contributed by atoms with Gasteiger partial charge in [-0.25, -0.2) is 4.79 Å². The van der Waals surface area contributed by atoms with Crippen LogP contribution in [0, 0.1) is 44.6 Å². The van der Waals surface area contributed by atoms with Crippen LogP contribution in [0.15, 0.2) is 48.1 Å². The number of fused-ring (bicyclic) bond motifs is 5. The van der Waals surface area contributed by atoms with Gasteiger partial charge in [0.1, 0.15) is 12.4 Å². The van der Waals surface area contributed by atoms with Crippen LogP contribution in [0.3, 0.4) is 0 Å². The van der Waals surface area contributed by atoms with Gasteiger partial charge >= 0.3 is 6.16 Å². The Hall–Kier alpha value is -3.53. The Kier molecular flexibility index (Phi) is 7.09. The number of allylic oxidation sites excluding steroid dienone is 4. The van der Waals surface area contributed by atoms with E-state index in [1.807, 2.05) is 6.08 Å². The summed E-state index contributed by atoms with van der Waals surface area (Å²) in [5, 5.41) is 20.9. The van der Waals surface area contributed by atoms with Crippen LogP contribution >= 0.6 is 0 Å². The first-order valence-corrected chi connectivity index (χ1v) is 13.4.